The third-order valence-electron chi connectivity index (χ3n) is 4.45. The first-order chi connectivity index (χ1) is 11.3. The first kappa shape index (κ1) is 19.3. The van der Waals surface area contributed by atoms with Crippen LogP contribution in [0.5, 0.6) is 0 Å². The molecule has 6 nitrogen and oxygen atoms in total. The van der Waals surface area contributed by atoms with Crippen molar-refractivity contribution in [3.63, 3.8) is 0 Å². The topological polar surface area (TPSA) is 62.7 Å². The molecule has 1 aliphatic rings. The molecule has 0 unspecified atom stereocenters. The van der Waals surface area contributed by atoms with Gasteiger partial charge in [-0.1, -0.05) is 6.92 Å². The van der Waals surface area contributed by atoms with Gasteiger partial charge in [-0.3, -0.25) is 4.31 Å². The van der Waals surface area contributed by atoms with E-state index in [0.717, 1.165) is 30.1 Å². The van der Waals surface area contributed by atoms with E-state index in [9.17, 15) is 8.42 Å². The number of alkyl halides is 1. The van der Waals surface area contributed by atoms with Crippen molar-refractivity contribution in [1.29, 1.82) is 0 Å². The summed E-state index contributed by atoms with van der Waals surface area (Å²) in [7, 11) is -0.203. The van der Waals surface area contributed by atoms with Crippen LogP contribution in [0.2, 0.25) is 0 Å². The molecule has 0 spiro atoms. The molecule has 2 atom stereocenters. The van der Waals surface area contributed by atoms with Gasteiger partial charge in [-0.25, -0.2) is 13.4 Å². The Labute approximate surface area is 149 Å². The third-order valence-corrected chi connectivity index (χ3v) is 5.94. The molecule has 0 bridgehead atoms. The molecule has 2 rings (SSSR count). The van der Waals surface area contributed by atoms with Crippen molar-refractivity contribution in [1.82, 2.24) is 4.98 Å². The lowest BCUT2D eigenvalue weighted by Gasteiger charge is -2.26. The number of sulfonamides is 1. The number of hydrogen-bond acceptors (Lipinski definition) is 5. The minimum atomic E-state index is -3.38. The van der Waals surface area contributed by atoms with Crippen LogP contribution in [0, 0.1) is 11.8 Å². The Morgan fingerprint density at radius 3 is 2.50 bits per heavy atom. The van der Waals surface area contributed by atoms with Crippen LogP contribution < -0.4 is 9.21 Å². The van der Waals surface area contributed by atoms with E-state index >= 15 is 0 Å². The molecule has 1 heterocycles. The van der Waals surface area contributed by atoms with Crippen molar-refractivity contribution in [3.05, 3.63) is 17.7 Å². The van der Waals surface area contributed by atoms with E-state index in [0.29, 0.717) is 30.8 Å². The van der Waals surface area contributed by atoms with Gasteiger partial charge in [0.1, 0.15) is 11.6 Å². The molecule has 136 valence electrons. The minimum absolute atomic E-state index is 0.304. The molecule has 1 aromatic rings. The molecule has 0 aliphatic heterocycles. The van der Waals surface area contributed by atoms with Crippen LogP contribution in [0.3, 0.4) is 0 Å². The molecule has 24 heavy (non-hydrogen) atoms. The Kier molecular flexibility index (Phi) is 6.33. The van der Waals surface area contributed by atoms with Crippen molar-refractivity contribution < 1.29 is 13.2 Å². The maximum absolute atomic E-state index is 11.8. The Hall–Kier alpha value is -1.05. The highest BCUT2D eigenvalue weighted by Crippen LogP contribution is 2.39. The average molecular weight is 376 g/mol. The van der Waals surface area contributed by atoms with E-state index in [2.05, 4.69) is 16.8 Å². The second kappa shape index (κ2) is 7.89. The van der Waals surface area contributed by atoms with Crippen LogP contribution >= 0.6 is 11.6 Å². The highest BCUT2D eigenvalue weighted by molar-refractivity contribution is 7.92. The van der Waals surface area contributed by atoms with E-state index in [1.165, 1.54) is 17.8 Å². The summed E-state index contributed by atoms with van der Waals surface area (Å²) >= 11 is 6.00. The lowest BCUT2D eigenvalue weighted by atomic mass is 10.2. The van der Waals surface area contributed by atoms with Crippen LogP contribution in [0.1, 0.15) is 18.9 Å². The van der Waals surface area contributed by atoms with Gasteiger partial charge in [0, 0.05) is 33.1 Å². The van der Waals surface area contributed by atoms with Crippen LogP contribution in [-0.2, 0) is 20.6 Å². The first-order valence-electron chi connectivity index (χ1n) is 8.01. The maximum atomic E-state index is 11.8. The highest BCUT2D eigenvalue weighted by atomic mass is 35.5. The SMILES string of the molecule is COCCN(C[C@H]1C[C@@H]1C)c1cc(CCl)cc(N(C)S(C)(=O)=O)n1. The normalized spacial score (nSPS) is 20.0. The number of rotatable bonds is 9. The summed E-state index contributed by atoms with van der Waals surface area (Å²) in [6.45, 7) is 4.43. The Bertz CT molecular complexity index is 669. The largest absolute Gasteiger partial charge is 0.383 e. The fourth-order valence-corrected chi connectivity index (χ4v) is 3.15. The summed E-state index contributed by atoms with van der Waals surface area (Å²) in [4.78, 5) is 6.73. The van der Waals surface area contributed by atoms with Crippen LogP contribution in [0.15, 0.2) is 12.1 Å². The monoisotopic (exact) mass is 375 g/mol. The lowest BCUT2D eigenvalue weighted by molar-refractivity contribution is 0.204. The Balaban J connectivity index is 2.33. The minimum Gasteiger partial charge on any atom is -0.383 e. The quantitative estimate of drug-likeness (QED) is 0.620. The number of nitrogens with zero attached hydrogens (tertiary/aromatic N) is 3. The first-order valence-corrected chi connectivity index (χ1v) is 10.4. The van der Waals surface area contributed by atoms with Crippen molar-refractivity contribution in [3.8, 4) is 0 Å². The van der Waals surface area contributed by atoms with Crippen LogP contribution in [-0.4, -0.2) is 53.5 Å². The molecule has 1 fully saturated rings. The van der Waals surface area contributed by atoms with Gasteiger partial charge in [0.25, 0.3) is 0 Å². The lowest BCUT2D eigenvalue weighted by Crippen LogP contribution is -2.32. The molecule has 0 N–H and O–H groups in total. The van der Waals surface area contributed by atoms with Gasteiger partial charge >= 0.3 is 0 Å². The van der Waals surface area contributed by atoms with Crippen molar-refractivity contribution in [2.75, 3.05) is 49.3 Å². The van der Waals surface area contributed by atoms with E-state index in [1.807, 2.05) is 6.07 Å². The molecule has 1 aliphatic carbocycles. The summed E-state index contributed by atoms with van der Waals surface area (Å²) in [5, 5.41) is 0. The zero-order valence-corrected chi connectivity index (χ0v) is 16.3. The van der Waals surface area contributed by atoms with Gasteiger partial charge in [0.2, 0.25) is 10.0 Å². The molecule has 1 aromatic heterocycles. The number of halogens is 1. The molecular formula is C16H26ClN3O3S. The Morgan fingerprint density at radius 2 is 2.00 bits per heavy atom. The van der Waals surface area contributed by atoms with Crippen LogP contribution in [0.4, 0.5) is 11.6 Å². The van der Waals surface area contributed by atoms with Gasteiger partial charge in [-0.2, -0.15) is 0 Å². The van der Waals surface area contributed by atoms with E-state index in [-0.39, 0.29) is 0 Å². The van der Waals surface area contributed by atoms with Gasteiger partial charge < -0.3 is 9.64 Å². The van der Waals surface area contributed by atoms with E-state index < -0.39 is 10.0 Å². The molecule has 0 aromatic carbocycles. The summed E-state index contributed by atoms with van der Waals surface area (Å²) < 4.78 is 30.1. The fraction of sp³-hybridized carbons (Fsp3) is 0.688. The fourth-order valence-electron chi connectivity index (χ4n) is 2.56. The summed E-state index contributed by atoms with van der Waals surface area (Å²) in [5.41, 5.74) is 0.846. The van der Waals surface area contributed by atoms with Crippen molar-refractivity contribution in [2.24, 2.45) is 11.8 Å². The number of hydrogen-bond donors (Lipinski definition) is 0. The van der Waals surface area contributed by atoms with Crippen molar-refractivity contribution in [2.45, 2.75) is 19.2 Å². The smallest absolute Gasteiger partial charge is 0.233 e. The number of anilines is 2. The number of ether oxygens (including phenoxy) is 1. The average Bonchev–Trinajstić information content (AvgIpc) is 3.24. The summed E-state index contributed by atoms with van der Waals surface area (Å²) in [6, 6.07) is 3.64. The number of aromatic nitrogens is 1. The number of methoxy groups -OCH3 is 1. The summed E-state index contributed by atoms with van der Waals surface area (Å²) in [6.07, 6.45) is 2.38. The molecule has 0 amide bonds. The third kappa shape index (κ3) is 4.97. The predicted octanol–water partition coefficient (Wildman–Crippen LogP) is 2.33. The van der Waals surface area contributed by atoms with Gasteiger partial charge in [0.05, 0.1) is 12.9 Å². The van der Waals surface area contributed by atoms with E-state index in [1.54, 1.807) is 13.2 Å². The molecule has 0 saturated heterocycles. The second-order valence-electron chi connectivity index (χ2n) is 6.47. The Morgan fingerprint density at radius 1 is 1.38 bits per heavy atom. The second-order valence-corrected chi connectivity index (χ2v) is 8.75. The van der Waals surface area contributed by atoms with Gasteiger partial charge in [0.15, 0.2) is 0 Å². The van der Waals surface area contributed by atoms with Gasteiger partial charge in [-0.05, 0) is 36.0 Å². The molecule has 0 radical (unpaired) electrons. The molecule has 8 heteroatoms. The zero-order chi connectivity index (χ0) is 17.9. The predicted molar refractivity (Wildman–Crippen MR) is 98.4 cm³/mol. The summed E-state index contributed by atoms with van der Waals surface area (Å²) in [5.74, 6) is 2.81. The maximum Gasteiger partial charge on any atom is 0.233 e. The van der Waals surface area contributed by atoms with Gasteiger partial charge in [-0.15, -0.1) is 11.6 Å². The van der Waals surface area contributed by atoms with E-state index in [4.69, 9.17) is 16.3 Å². The zero-order valence-electron chi connectivity index (χ0n) is 14.7. The highest BCUT2D eigenvalue weighted by Gasteiger charge is 2.34. The molecular weight excluding hydrogens is 350 g/mol. The standard InChI is InChI=1S/C16H26ClN3O3S/c1-12-7-14(12)11-20(5-6-23-3)16-9-13(10-17)8-15(18-16)19(2)24(4,21)22/h8-9,12,14H,5-7,10-11H2,1-4H3/t12-,14+/m0/s1. The van der Waals surface area contributed by atoms with Crippen molar-refractivity contribution >= 4 is 33.3 Å². The molecule has 1 saturated carbocycles. The number of pyridine rings is 1. The van der Waals surface area contributed by atoms with Crippen LogP contribution in [0.25, 0.3) is 0 Å².